The Hall–Kier alpha value is -1.83. The zero-order valence-electron chi connectivity index (χ0n) is 12.9. The van der Waals surface area contributed by atoms with Gasteiger partial charge in [-0.2, -0.15) is 4.68 Å². The summed E-state index contributed by atoms with van der Waals surface area (Å²) in [7, 11) is 0. The molecule has 8 heteroatoms. The van der Waals surface area contributed by atoms with E-state index in [1.54, 1.807) is 6.92 Å². The Morgan fingerprint density at radius 2 is 2.23 bits per heavy atom. The zero-order chi connectivity index (χ0) is 15.9. The Morgan fingerprint density at radius 1 is 1.41 bits per heavy atom. The summed E-state index contributed by atoms with van der Waals surface area (Å²) in [5.41, 5.74) is 5.84. The number of esters is 1. The number of nitrogens with one attached hydrogen (secondary N) is 2. The molecule has 0 aliphatic carbocycles. The van der Waals surface area contributed by atoms with Crippen LogP contribution in [0.1, 0.15) is 46.0 Å². The summed E-state index contributed by atoms with van der Waals surface area (Å²) >= 11 is 1.15. The predicted molar refractivity (Wildman–Crippen MR) is 85.5 cm³/mol. The van der Waals surface area contributed by atoms with Crippen LogP contribution in [-0.4, -0.2) is 23.4 Å². The van der Waals surface area contributed by atoms with E-state index in [1.807, 2.05) is 0 Å². The van der Waals surface area contributed by atoms with Crippen LogP contribution in [0.3, 0.4) is 0 Å². The third kappa shape index (κ3) is 4.09. The standard InChI is InChI=1S/C14H22N4O3S/c1-3-5-6-7-8-11-15-16-14-18(17-11)13(20)10(22-14)9-12(19)21-4-2/h9,11,15,17H,3-8H2,1-2H3/b10-9+. The number of nitrogens with zero attached hydrogens (tertiary/aromatic N) is 2. The van der Waals surface area contributed by atoms with Gasteiger partial charge in [-0.15, -0.1) is 5.10 Å². The molecule has 0 saturated carbocycles. The first-order valence-corrected chi connectivity index (χ1v) is 8.47. The second kappa shape index (κ2) is 7.98. The largest absolute Gasteiger partial charge is 0.463 e. The molecular weight excluding hydrogens is 304 g/mol. The van der Waals surface area contributed by atoms with E-state index < -0.39 is 5.97 Å². The Kier molecular flexibility index (Phi) is 6.00. The summed E-state index contributed by atoms with van der Waals surface area (Å²) < 4.78 is 6.54. The SMILES string of the molecule is CCCCCCC1NN=c2s/c(=C/C(=O)OCC)c(=O)n2N1. The minimum atomic E-state index is -0.511. The molecule has 0 radical (unpaired) electrons. The molecule has 0 fully saturated rings. The van der Waals surface area contributed by atoms with Crippen LogP contribution in [0.5, 0.6) is 0 Å². The van der Waals surface area contributed by atoms with Gasteiger partial charge in [0.15, 0.2) is 0 Å². The molecule has 1 aliphatic heterocycles. The highest BCUT2D eigenvalue weighted by atomic mass is 32.1. The van der Waals surface area contributed by atoms with E-state index in [2.05, 4.69) is 22.9 Å². The maximum atomic E-state index is 12.3. The van der Waals surface area contributed by atoms with E-state index in [1.165, 1.54) is 30.0 Å². The second-order valence-electron chi connectivity index (χ2n) is 5.06. The minimum absolute atomic E-state index is 0.0629. The number of unbranched alkanes of at least 4 members (excludes halogenated alkanes) is 3. The van der Waals surface area contributed by atoms with Crippen molar-refractivity contribution in [3.63, 3.8) is 0 Å². The molecule has 0 bridgehead atoms. The Balaban J connectivity index is 2.08. The van der Waals surface area contributed by atoms with Gasteiger partial charge < -0.3 is 4.74 Å². The van der Waals surface area contributed by atoms with Crippen molar-refractivity contribution in [1.29, 1.82) is 0 Å². The molecule has 2 rings (SSSR count). The van der Waals surface area contributed by atoms with Gasteiger partial charge in [0.1, 0.15) is 10.7 Å². The molecule has 2 N–H and O–H groups in total. The molecule has 1 aliphatic rings. The number of carbonyl (C=O) groups excluding carboxylic acids is 1. The van der Waals surface area contributed by atoms with Crippen molar-refractivity contribution in [3.8, 4) is 0 Å². The van der Waals surface area contributed by atoms with Crippen LogP contribution in [0.25, 0.3) is 6.08 Å². The Labute approximate surface area is 132 Å². The van der Waals surface area contributed by atoms with Crippen molar-refractivity contribution < 1.29 is 9.53 Å². The van der Waals surface area contributed by atoms with Crippen LogP contribution >= 0.6 is 11.3 Å². The van der Waals surface area contributed by atoms with Crippen LogP contribution < -0.4 is 25.7 Å². The highest BCUT2D eigenvalue weighted by Gasteiger charge is 2.16. The third-order valence-corrected chi connectivity index (χ3v) is 4.26. The highest BCUT2D eigenvalue weighted by molar-refractivity contribution is 7.07. The predicted octanol–water partition coefficient (Wildman–Crippen LogP) is 0.231. The van der Waals surface area contributed by atoms with Crippen molar-refractivity contribution in [2.45, 2.75) is 52.1 Å². The molecule has 7 nitrogen and oxygen atoms in total. The van der Waals surface area contributed by atoms with Gasteiger partial charge in [0.25, 0.3) is 5.56 Å². The van der Waals surface area contributed by atoms with Gasteiger partial charge in [-0.25, -0.2) is 4.79 Å². The average molecular weight is 326 g/mol. The van der Waals surface area contributed by atoms with Crippen molar-refractivity contribution in [3.05, 3.63) is 19.7 Å². The van der Waals surface area contributed by atoms with Gasteiger partial charge in [0.05, 0.1) is 6.61 Å². The molecule has 1 aromatic rings. The van der Waals surface area contributed by atoms with Gasteiger partial charge in [0, 0.05) is 6.08 Å². The van der Waals surface area contributed by atoms with Gasteiger partial charge >= 0.3 is 5.97 Å². The maximum Gasteiger partial charge on any atom is 0.332 e. The Morgan fingerprint density at radius 3 is 2.95 bits per heavy atom. The summed E-state index contributed by atoms with van der Waals surface area (Å²) in [6.45, 7) is 4.18. The minimum Gasteiger partial charge on any atom is -0.463 e. The van der Waals surface area contributed by atoms with Crippen molar-refractivity contribution in [2.75, 3.05) is 12.0 Å². The lowest BCUT2D eigenvalue weighted by atomic mass is 10.1. The van der Waals surface area contributed by atoms with E-state index in [0.29, 0.717) is 9.33 Å². The van der Waals surface area contributed by atoms with Gasteiger partial charge in [-0.05, 0) is 19.8 Å². The smallest absolute Gasteiger partial charge is 0.332 e. The van der Waals surface area contributed by atoms with Crippen molar-refractivity contribution in [2.24, 2.45) is 5.10 Å². The Bertz CT molecular complexity index is 679. The summed E-state index contributed by atoms with van der Waals surface area (Å²) in [6.07, 6.45) is 6.70. The summed E-state index contributed by atoms with van der Waals surface area (Å²) in [5, 5.41) is 4.20. The van der Waals surface area contributed by atoms with Crippen LogP contribution in [-0.2, 0) is 9.53 Å². The first-order chi connectivity index (χ1) is 10.7. The molecule has 0 spiro atoms. The summed E-state index contributed by atoms with van der Waals surface area (Å²) in [6, 6.07) is 0. The molecule has 22 heavy (non-hydrogen) atoms. The van der Waals surface area contributed by atoms with Gasteiger partial charge in [-0.1, -0.05) is 37.5 Å². The molecule has 0 amide bonds. The molecule has 2 heterocycles. The number of hydrogen-bond donors (Lipinski definition) is 2. The quantitative estimate of drug-likeness (QED) is 0.553. The number of ether oxygens (including phenoxy) is 1. The molecule has 1 atom stereocenters. The number of carbonyl (C=O) groups is 1. The molecule has 0 aromatic carbocycles. The zero-order valence-corrected chi connectivity index (χ0v) is 13.7. The third-order valence-electron chi connectivity index (χ3n) is 3.29. The van der Waals surface area contributed by atoms with E-state index in [0.717, 1.165) is 24.2 Å². The fourth-order valence-electron chi connectivity index (χ4n) is 2.18. The maximum absolute atomic E-state index is 12.3. The molecule has 1 unspecified atom stereocenters. The molecule has 0 saturated heterocycles. The molecular formula is C14H22N4O3S. The fourth-order valence-corrected chi connectivity index (χ4v) is 3.03. The van der Waals surface area contributed by atoms with Gasteiger partial charge in [0.2, 0.25) is 4.80 Å². The van der Waals surface area contributed by atoms with E-state index in [9.17, 15) is 9.59 Å². The van der Waals surface area contributed by atoms with Gasteiger partial charge in [-0.3, -0.25) is 15.6 Å². The first kappa shape index (κ1) is 16.5. The lowest BCUT2D eigenvalue weighted by Gasteiger charge is -2.22. The lowest BCUT2D eigenvalue weighted by Crippen LogP contribution is -2.51. The highest BCUT2D eigenvalue weighted by Crippen LogP contribution is 2.05. The topological polar surface area (TPSA) is 84.7 Å². The second-order valence-corrected chi connectivity index (χ2v) is 6.07. The number of rotatable bonds is 7. The van der Waals surface area contributed by atoms with E-state index >= 15 is 0 Å². The number of hydrogen-bond acceptors (Lipinski definition) is 7. The number of thiazole rings is 1. The number of fused-ring (bicyclic) bond motifs is 1. The first-order valence-electron chi connectivity index (χ1n) is 7.65. The lowest BCUT2D eigenvalue weighted by molar-refractivity contribution is -0.135. The van der Waals surface area contributed by atoms with Crippen LogP contribution in [0.2, 0.25) is 0 Å². The average Bonchev–Trinajstić information content (AvgIpc) is 2.80. The van der Waals surface area contributed by atoms with E-state index in [4.69, 9.17) is 4.74 Å². The van der Waals surface area contributed by atoms with E-state index in [-0.39, 0.29) is 18.3 Å². The van der Waals surface area contributed by atoms with Crippen molar-refractivity contribution >= 4 is 23.4 Å². The summed E-state index contributed by atoms with van der Waals surface area (Å²) in [4.78, 5) is 24.2. The van der Waals surface area contributed by atoms with Crippen molar-refractivity contribution in [1.82, 2.24) is 10.1 Å². The normalized spacial score (nSPS) is 17.2. The number of aromatic nitrogens is 1. The molecule has 1 aromatic heterocycles. The van der Waals surface area contributed by atoms with Crippen LogP contribution in [0, 0.1) is 0 Å². The fraction of sp³-hybridized carbons (Fsp3) is 0.643. The molecule has 122 valence electrons. The van der Waals surface area contributed by atoms with Crippen LogP contribution in [0.4, 0.5) is 0 Å². The summed E-state index contributed by atoms with van der Waals surface area (Å²) in [5.74, 6) is -0.511. The van der Waals surface area contributed by atoms with Crippen LogP contribution in [0.15, 0.2) is 9.90 Å². The monoisotopic (exact) mass is 326 g/mol.